The van der Waals surface area contributed by atoms with Crippen LogP contribution in [0.2, 0.25) is 0 Å². The van der Waals surface area contributed by atoms with E-state index in [9.17, 15) is 4.79 Å². The number of anilines is 1. The van der Waals surface area contributed by atoms with Gasteiger partial charge in [0.15, 0.2) is 0 Å². The molecule has 0 aliphatic heterocycles. The summed E-state index contributed by atoms with van der Waals surface area (Å²) < 4.78 is 0. The van der Waals surface area contributed by atoms with Gasteiger partial charge in [-0.2, -0.15) is 0 Å². The Morgan fingerprint density at radius 3 is 2.48 bits per heavy atom. The number of carbonyl (C=O) groups excluding carboxylic acids is 1. The molecule has 0 spiro atoms. The summed E-state index contributed by atoms with van der Waals surface area (Å²) in [7, 11) is 2.22. The van der Waals surface area contributed by atoms with Gasteiger partial charge in [-0.05, 0) is 50.8 Å². The molecular weight excluding hydrogens is 381 g/mol. The molecule has 0 radical (unpaired) electrons. The van der Waals surface area contributed by atoms with Crippen LogP contribution in [-0.2, 0) is 11.3 Å². The number of rotatable bonds is 5. The van der Waals surface area contributed by atoms with Crippen LogP contribution in [0.15, 0.2) is 24.3 Å². The molecule has 3 rings (SSSR count). The zero-order chi connectivity index (χ0) is 17.6. The van der Waals surface area contributed by atoms with Crippen molar-refractivity contribution in [1.29, 1.82) is 0 Å². The van der Waals surface area contributed by atoms with Crippen LogP contribution < -0.4 is 11.1 Å². The normalized spacial score (nSPS) is 23.2. The number of para-hydroxylation sites is 1. The fourth-order valence-corrected chi connectivity index (χ4v) is 4.40. The highest BCUT2D eigenvalue weighted by Crippen LogP contribution is 2.27. The maximum Gasteiger partial charge on any atom is 0.227 e. The second-order valence-electron chi connectivity index (χ2n) is 7.98. The summed E-state index contributed by atoms with van der Waals surface area (Å²) in [6.07, 6.45) is 10.5. The van der Waals surface area contributed by atoms with E-state index in [1.54, 1.807) is 0 Å². The van der Waals surface area contributed by atoms with Crippen LogP contribution >= 0.6 is 24.8 Å². The van der Waals surface area contributed by atoms with E-state index in [1.165, 1.54) is 37.7 Å². The van der Waals surface area contributed by atoms with Crippen molar-refractivity contribution in [3.05, 3.63) is 29.8 Å². The number of halogens is 2. The van der Waals surface area contributed by atoms with Crippen LogP contribution in [0.5, 0.6) is 0 Å². The Morgan fingerprint density at radius 2 is 1.78 bits per heavy atom. The van der Waals surface area contributed by atoms with Gasteiger partial charge in [0, 0.05) is 30.2 Å². The summed E-state index contributed by atoms with van der Waals surface area (Å²) in [6, 6.07) is 9.10. The standard InChI is InChI=1S/C21H33N3O.2ClH/c1-24(19-11-3-2-4-12-19)15-17-8-5-6-13-20(17)23-21(25)16-9-7-10-18(22)14-16;;/h5-6,8,13,16,18-19H,2-4,7,9-12,14-15,22H2,1H3,(H,23,25);2*1H. The van der Waals surface area contributed by atoms with Crippen LogP contribution in [0.3, 0.4) is 0 Å². The predicted molar refractivity (Wildman–Crippen MR) is 118 cm³/mol. The lowest BCUT2D eigenvalue weighted by atomic mass is 9.85. The molecule has 2 fully saturated rings. The first kappa shape index (κ1) is 24.2. The third kappa shape index (κ3) is 6.94. The molecule has 0 saturated heterocycles. The van der Waals surface area contributed by atoms with Crippen LogP contribution in [0.1, 0.15) is 63.4 Å². The molecule has 0 heterocycles. The second kappa shape index (κ2) is 11.9. The largest absolute Gasteiger partial charge is 0.328 e. The quantitative estimate of drug-likeness (QED) is 0.728. The number of amides is 1. The average Bonchev–Trinajstić information content (AvgIpc) is 2.64. The molecule has 2 atom stereocenters. The highest BCUT2D eigenvalue weighted by Gasteiger charge is 2.26. The zero-order valence-electron chi connectivity index (χ0n) is 16.4. The Bertz CT molecular complexity index is 578. The molecule has 154 valence electrons. The number of nitrogens with two attached hydrogens (primary N) is 1. The van der Waals surface area contributed by atoms with Crippen molar-refractivity contribution in [3.63, 3.8) is 0 Å². The third-order valence-electron chi connectivity index (χ3n) is 5.98. The van der Waals surface area contributed by atoms with E-state index < -0.39 is 0 Å². The fourth-order valence-electron chi connectivity index (χ4n) is 4.40. The Hall–Kier alpha value is -0.810. The molecule has 1 amide bonds. The van der Waals surface area contributed by atoms with Crippen LogP contribution in [0.25, 0.3) is 0 Å². The van der Waals surface area contributed by atoms with Gasteiger partial charge in [-0.25, -0.2) is 0 Å². The molecule has 27 heavy (non-hydrogen) atoms. The van der Waals surface area contributed by atoms with Gasteiger partial charge in [0.05, 0.1) is 0 Å². The predicted octanol–water partition coefficient (Wildman–Crippen LogP) is 4.75. The SMILES string of the molecule is CN(Cc1ccccc1NC(=O)C1CCCC(N)C1)C1CCCCC1.Cl.Cl. The molecule has 1 aromatic rings. The highest BCUT2D eigenvalue weighted by atomic mass is 35.5. The van der Waals surface area contributed by atoms with E-state index in [0.717, 1.165) is 37.9 Å². The molecule has 3 N–H and O–H groups in total. The Morgan fingerprint density at radius 1 is 1.07 bits per heavy atom. The molecule has 2 aliphatic carbocycles. The smallest absolute Gasteiger partial charge is 0.227 e. The van der Waals surface area contributed by atoms with Crippen LogP contribution in [0, 0.1) is 5.92 Å². The number of benzene rings is 1. The molecule has 2 unspecified atom stereocenters. The number of carbonyl (C=O) groups is 1. The van der Waals surface area contributed by atoms with Crippen molar-refractivity contribution in [3.8, 4) is 0 Å². The minimum Gasteiger partial charge on any atom is -0.328 e. The Balaban J connectivity index is 0.00000182. The summed E-state index contributed by atoms with van der Waals surface area (Å²) in [5.41, 5.74) is 8.23. The lowest BCUT2D eigenvalue weighted by Crippen LogP contribution is -2.35. The van der Waals surface area contributed by atoms with Gasteiger partial charge in [-0.3, -0.25) is 9.69 Å². The summed E-state index contributed by atoms with van der Waals surface area (Å²) in [6.45, 7) is 0.894. The van der Waals surface area contributed by atoms with Crippen LogP contribution in [-0.4, -0.2) is 29.9 Å². The average molecular weight is 416 g/mol. The lowest BCUT2D eigenvalue weighted by molar-refractivity contribution is -0.120. The number of hydrogen-bond donors (Lipinski definition) is 2. The lowest BCUT2D eigenvalue weighted by Gasteiger charge is -2.32. The minimum absolute atomic E-state index is 0. The van der Waals surface area contributed by atoms with Crippen molar-refractivity contribution >= 4 is 36.4 Å². The van der Waals surface area contributed by atoms with Crippen molar-refractivity contribution in [2.45, 2.75) is 76.4 Å². The fraction of sp³-hybridized carbons (Fsp3) is 0.667. The first-order valence-corrected chi connectivity index (χ1v) is 9.98. The van der Waals surface area contributed by atoms with Gasteiger partial charge in [0.25, 0.3) is 0 Å². The zero-order valence-corrected chi connectivity index (χ0v) is 18.0. The number of hydrogen-bond acceptors (Lipinski definition) is 3. The van der Waals surface area contributed by atoms with Crippen molar-refractivity contribution < 1.29 is 4.79 Å². The van der Waals surface area contributed by atoms with E-state index in [4.69, 9.17) is 5.73 Å². The monoisotopic (exact) mass is 415 g/mol. The summed E-state index contributed by atoms with van der Waals surface area (Å²) in [5, 5.41) is 3.19. The first-order valence-electron chi connectivity index (χ1n) is 9.98. The van der Waals surface area contributed by atoms with Gasteiger partial charge >= 0.3 is 0 Å². The number of nitrogens with zero attached hydrogens (tertiary/aromatic N) is 1. The molecule has 2 saturated carbocycles. The molecule has 2 aliphatic rings. The maximum atomic E-state index is 12.7. The topological polar surface area (TPSA) is 58.4 Å². The van der Waals surface area contributed by atoms with Gasteiger partial charge in [-0.1, -0.05) is 43.9 Å². The van der Waals surface area contributed by atoms with Crippen molar-refractivity contribution in [1.82, 2.24) is 4.90 Å². The maximum absolute atomic E-state index is 12.7. The van der Waals surface area contributed by atoms with Gasteiger partial charge < -0.3 is 11.1 Å². The summed E-state index contributed by atoms with van der Waals surface area (Å²) in [4.78, 5) is 15.1. The second-order valence-corrected chi connectivity index (χ2v) is 7.98. The molecule has 0 aromatic heterocycles. The summed E-state index contributed by atoms with van der Waals surface area (Å²) >= 11 is 0. The Kier molecular flexibility index (Phi) is 10.7. The Labute approximate surface area is 176 Å². The highest BCUT2D eigenvalue weighted by molar-refractivity contribution is 5.93. The minimum atomic E-state index is 0. The van der Waals surface area contributed by atoms with Gasteiger partial charge in [0.1, 0.15) is 0 Å². The van der Waals surface area contributed by atoms with E-state index >= 15 is 0 Å². The van der Waals surface area contributed by atoms with Crippen LogP contribution in [0.4, 0.5) is 5.69 Å². The third-order valence-corrected chi connectivity index (χ3v) is 5.98. The van der Waals surface area contributed by atoms with Gasteiger partial charge in [-0.15, -0.1) is 24.8 Å². The van der Waals surface area contributed by atoms with E-state index in [1.807, 2.05) is 12.1 Å². The molecular formula is C21H35Cl2N3O. The van der Waals surface area contributed by atoms with E-state index in [0.29, 0.717) is 6.04 Å². The van der Waals surface area contributed by atoms with E-state index in [2.05, 4.69) is 29.4 Å². The number of nitrogens with one attached hydrogen (secondary N) is 1. The van der Waals surface area contributed by atoms with Gasteiger partial charge in [0.2, 0.25) is 5.91 Å². The molecule has 0 bridgehead atoms. The van der Waals surface area contributed by atoms with E-state index in [-0.39, 0.29) is 42.7 Å². The van der Waals surface area contributed by atoms with Crippen molar-refractivity contribution in [2.24, 2.45) is 11.7 Å². The molecule has 4 nitrogen and oxygen atoms in total. The molecule has 1 aromatic carbocycles. The summed E-state index contributed by atoms with van der Waals surface area (Å²) in [5.74, 6) is 0.204. The van der Waals surface area contributed by atoms with Crippen molar-refractivity contribution in [2.75, 3.05) is 12.4 Å². The molecule has 6 heteroatoms. The first-order chi connectivity index (χ1) is 12.1.